The molecule has 0 aliphatic carbocycles. The maximum absolute atomic E-state index is 12.4. The molecule has 1 amide bonds. The highest BCUT2D eigenvalue weighted by Crippen LogP contribution is 2.30. The summed E-state index contributed by atoms with van der Waals surface area (Å²) in [5.41, 5.74) is -0.324. The van der Waals surface area contributed by atoms with Crippen LogP contribution in [0.25, 0.3) is 11.5 Å². The maximum atomic E-state index is 12.4. The number of hydrogen-bond acceptors (Lipinski definition) is 3. The van der Waals surface area contributed by atoms with Gasteiger partial charge < -0.3 is 9.73 Å². The van der Waals surface area contributed by atoms with Crippen molar-refractivity contribution in [1.29, 1.82) is 0 Å². The fourth-order valence-electron chi connectivity index (χ4n) is 1.44. The molecule has 1 aromatic carbocycles. The number of carbonyl (C=O) groups is 1. The highest BCUT2D eigenvalue weighted by molar-refractivity contribution is 5.92. The standard InChI is InChI=1S/C12H9F3N2O2/c1-16-10(18)9-6-19-11(17-9)7-2-4-8(5-3-7)12(13,14)15/h2-6H,1H3,(H,16,18). The Bertz CT molecular complexity index is 588. The van der Waals surface area contributed by atoms with E-state index in [9.17, 15) is 18.0 Å². The topological polar surface area (TPSA) is 55.1 Å². The van der Waals surface area contributed by atoms with E-state index >= 15 is 0 Å². The fraction of sp³-hybridized carbons (Fsp3) is 0.167. The maximum Gasteiger partial charge on any atom is 0.416 e. The molecule has 0 atom stereocenters. The molecule has 0 bridgehead atoms. The number of rotatable bonds is 2. The summed E-state index contributed by atoms with van der Waals surface area (Å²) in [6.07, 6.45) is -3.24. The molecule has 0 aliphatic rings. The van der Waals surface area contributed by atoms with Crippen LogP contribution >= 0.6 is 0 Å². The SMILES string of the molecule is CNC(=O)c1coc(-c2ccc(C(F)(F)F)cc2)n1. The minimum Gasteiger partial charge on any atom is -0.444 e. The third kappa shape index (κ3) is 2.75. The zero-order chi connectivity index (χ0) is 14.0. The number of nitrogens with one attached hydrogen (secondary N) is 1. The zero-order valence-electron chi connectivity index (χ0n) is 9.78. The third-order valence-electron chi connectivity index (χ3n) is 2.42. The van der Waals surface area contributed by atoms with Crippen LogP contribution in [-0.2, 0) is 6.18 Å². The summed E-state index contributed by atoms with van der Waals surface area (Å²) in [5.74, 6) is -0.339. The van der Waals surface area contributed by atoms with E-state index in [1.54, 1.807) is 0 Å². The van der Waals surface area contributed by atoms with E-state index in [0.717, 1.165) is 18.4 Å². The van der Waals surface area contributed by atoms with Gasteiger partial charge in [0.1, 0.15) is 6.26 Å². The molecule has 0 radical (unpaired) electrons. The second kappa shape index (κ2) is 4.75. The summed E-state index contributed by atoms with van der Waals surface area (Å²) in [6, 6.07) is 4.34. The van der Waals surface area contributed by atoms with Crippen LogP contribution in [0.3, 0.4) is 0 Å². The van der Waals surface area contributed by atoms with Crippen LogP contribution in [-0.4, -0.2) is 17.9 Å². The first-order valence-corrected chi connectivity index (χ1v) is 5.27. The Morgan fingerprint density at radius 3 is 2.42 bits per heavy atom. The van der Waals surface area contributed by atoms with Gasteiger partial charge in [-0.05, 0) is 24.3 Å². The largest absolute Gasteiger partial charge is 0.444 e. The Morgan fingerprint density at radius 1 is 1.26 bits per heavy atom. The van der Waals surface area contributed by atoms with E-state index in [2.05, 4.69) is 10.3 Å². The van der Waals surface area contributed by atoms with Crippen molar-refractivity contribution in [2.75, 3.05) is 7.05 Å². The Morgan fingerprint density at radius 2 is 1.89 bits per heavy atom. The van der Waals surface area contributed by atoms with Crippen LogP contribution in [0.2, 0.25) is 0 Å². The Labute approximate surface area is 106 Å². The van der Waals surface area contributed by atoms with Crippen molar-refractivity contribution in [3.63, 3.8) is 0 Å². The van der Waals surface area contributed by atoms with Gasteiger partial charge in [-0.3, -0.25) is 4.79 Å². The summed E-state index contributed by atoms with van der Waals surface area (Å²) in [4.78, 5) is 15.1. The highest BCUT2D eigenvalue weighted by Gasteiger charge is 2.30. The van der Waals surface area contributed by atoms with Gasteiger partial charge >= 0.3 is 6.18 Å². The molecule has 7 heteroatoms. The second-order valence-corrected chi connectivity index (χ2v) is 3.69. The quantitative estimate of drug-likeness (QED) is 0.912. The van der Waals surface area contributed by atoms with E-state index in [4.69, 9.17) is 4.42 Å². The van der Waals surface area contributed by atoms with Crippen molar-refractivity contribution in [3.05, 3.63) is 41.8 Å². The summed E-state index contributed by atoms with van der Waals surface area (Å²) in [5, 5.41) is 2.36. The predicted octanol–water partition coefficient (Wildman–Crippen LogP) is 2.72. The molecule has 1 aromatic heterocycles. The molecule has 2 rings (SSSR count). The van der Waals surface area contributed by atoms with Crippen LogP contribution in [0.4, 0.5) is 13.2 Å². The minimum atomic E-state index is -4.39. The van der Waals surface area contributed by atoms with Gasteiger partial charge in [-0.25, -0.2) is 4.98 Å². The van der Waals surface area contributed by atoms with Crippen LogP contribution in [0, 0.1) is 0 Å². The molecule has 0 saturated heterocycles. The number of oxazole rings is 1. The number of halogens is 3. The molecule has 0 aliphatic heterocycles. The number of aromatic nitrogens is 1. The van der Waals surface area contributed by atoms with Crippen LogP contribution < -0.4 is 5.32 Å². The lowest BCUT2D eigenvalue weighted by Crippen LogP contribution is -2.17. The molecule has 0 fully saturated rings. The first kappa shape index (κ1) is 13.1. The number of alkyl halides is 3. The third-order valence-corrected chi connectivity index (χ3v) is 2.42. The highest BCUT2D eigenvalue weighted by atomic mass is 19.4. The van der Waals surface area contributed by atoms with Gasteiger partial charge in [0.05, 0.1) is 5.56 Å². The molecule has 19 heavy (non-hydrogen) atoms. The zero-order valence-corrected chi connectivity index (χ0v) is 9.78. The molecule has 1 N–H and O–H groups in total. The van der Waals surface area contributed by atoms with Crippen LogP contribution in [0.15, 0.2) is 34.9 Å². The van der Waals surface area contributed by atoms with Crippen molar-refractivity contribution >= 4 is 5.91 Å². The molecule has 4 nitrogen and oxygen atoms in total. The normalized spacial score (nSPS) is 11.4. The Kier molecular flexibility index (Phi) is 3.28. The molecule has 1 heterocycles. The number of benzene rings is 1. The Hall–Kier alpha value is -2.31. The lowest BCUT2D eigenvalue weighted by molar-refractivity contribution is -0.137. The van der Waals surface area contributed by atoms with E-state index in [0.29, 0.717) is 5.56 Å². The van der Waals surface area contributed by atoms with Gasteiger partial charge in [0.15, 0.2) is 5.69 Å². The van der Waals surface area contributed by atoms with E-state index in [-0.39, 0.29) is 11.6 Å². The van der Waals surface area contributed by atoms with Gasteiger partial charge in [0, 0.05) is 12.6 Å². The van der Waals surface area contributed by atoms with E-state index < -0.39 is 17.6 Å². The molecule has 0 spiro atoms. The average Bonchev–Trinajstić information content (AvgIpc) is 2.86. The van der Waals surface area contributed by atoms with Crippen molar-refractivity contribution < 1.29 is 22.4 Å². The van der Waals surface area contributed by atoms with Crippen LogP contribution in [0.1, 0.15) is 16.1 Å². The van der Waals surface area contributed by atoms with Gasteiger partial charge in [0.2, 0.25) is 5.89 Å². The van der Waals surface area contributed by atoms with Gasteiger partial charge in [0.25, 0.3) is 5.91 Å². The number of hydrogen-bond donors (Lipinski definition) is 1. The Balaban J connectivity index is 2.28. The van der Waals surface area contributed by atoms with Crippen molar-refractivity contribution in [3.8, 4) is 11.5 Å². The predicted molar refractivity (Wildman–Crippen MR) is 60.3 cm³/mol. The molecular formula is C12H9F3N2O2. The minimum absolute atomic E-state index is 0.0670. The second-order valence-electron chi connectivity index (χ2n) is 3.69. The summed E-state index contributed by atoms with van der Waals surface area (Å²) < 4.78 is 42.2. The molecule has 0 unspecified atom stereocenters. The van der Waals surface area contributed by atoms with Crippen LogP contribution in [0.5, 0.6) is 0 Å². The summed E-state index contributed by atoms with van der Waals surface area (Å²) in [7, 11) is 1.44. The molecule has 2 aromatic rings. The summed E-state index contributed by atoms with van der Waals surface area (Å²) in [6.45, 7) is 0. The smallest absolute Gasteiger partial charge is 0.416 e. The lowest BCUT2D eigenvalue weighted by Gasteiger charge is -2.05. The van der Waals surface area contributed by atoms with Crippen molar-refractivity contribution in [1.82, 2.24) is 10.3 Å². The molecule has 0 saturated carbocycles. The average molecular weight is 270 g/mol. The fourth-order valence-corrected chi connectivity index (χ4v) is 1.44. The lowest BCUT2D eigenvalue weighted by atomic mass is 10.1. The summed E-state index contributed by atoms with van der Waals surface area (Å²) >= 11 is 0. The number of amides is 1. The van der Waals surface area contributed by atoms with Gasteiger partial charge in [-0.15, -0.1) is 0 Å². The van der Waals surface area contributed by atoms with Crippen molar-refractivity contribution in [2.24, 2.45) is 0 Å². The van der Waals surface area contributed by atoms with E-state index in [1.165, 1.54) is 19.2 Å². The van der Waals surface area contributed by atoms with Gasteiger partial charge in [-0.1, -0.05) is 0 Å². The first-order valence-electron chi connectivity index (χ1n) is 5.27. The number of carbonyl (C=O) groups excluding carboxylic acids is 1. The molecule has 100 valence electrons. The van der Waals surface area contributed by atoms with E-state index in [1.807, 2.05) is 0 Å². The van der Waals surface area contributed by atoms with Gasteiger partial charge in [-0.2, -0.15) is 13.2 Å². The number of nitrogens with zero attached hydrogens (tertiary/aromatic N) is 1. The van der Waals surface area contributed by atoms with Crippen molar-refractivity contribution in [2.45, 2.75) is 6.18 Å². The molecular weight excluding hydrogens is 261 g/mol. The monoisotopic (exact) mass is 270 g/mol. The first-order chi connectivity index (χ1) is 8.91.